The van der Waals surface area contributed by atoms with E-state index in [4.69, 9.17) is 5.11 Å². The fourth-order valence-electron chi connectivity index (χ4n) is 4.67. The standard InChI is InChI=1S/C25H21FN2O4S/c26-22-7-2-1-4-20(22)24-19-6-3-5-18(19)21-14-17(12-13-23(21)27-24)33(31,32)28-16-10-8-15(9-11-16)25(29)30/h1-5,7-14,18-19,24,27-28H,6H2,(H,29,30)/t18-,19-,24+/m1/s1. The Hall–Kier alpha value is -3.65. The number of carboxylic acid groups (broad SMARTS) is 1. The van der Waals surface area contributed by atoms with Crippen molar-refractivity contribution in [3.8, 4) is 0 Å². The average molecular weight is 465 g/mol. The van der Waals surface area contributed by atoms with Gasteiger partial charge in [0.25, 0.3) is 10.0 Å². The van der Waals surface area contributed by atoms with Crippen LogP contribution in [0.2, 0.25) is 0 Å². The van der Waals surface area contributed by atoms with Gasteiger partial charge in [0.15, 0.2) is 0 Å². The highest BCUT2D eigenvalue weighted by molar-refractivity contribution is 7.92. The van der Waals surface area contributed by atoms with Crippen molar-refractivity contribution >= 4 is 27.4 Å². The number of anilines is 2. The summed E-state index contributed by atoms with van der Waals surface area (Å²) in [7, 11) is -3.89. The largest absolute Gasteiger partial charge is 0.478 e. The van der Waals surface area contributed by atoms with Crippen molar-refractivity contribution in [2.24, 2.45) is 5.92 Å². The molecule has 2 aliphatic rings. The number of hydrogen-bond acceptors (Lipinski definition) is 4. The van der Waals surface area contributed by atoms with E-state index in [1.54, 1.807) is 24.3 Å². The van der Waals surface area contributed by atoms with Gasteiger partial charge in [0.2, 0.25) is 0 Å². The Morgan fingerprint density at radius 3 is 2.52 bits per heavy atom. The van der Waals surface area contributed by atoms with E-state index in [0.717, 1.165) is 17.7 Å². The summed E-state index contributed by atoms with van der Waals surface area (Å²) in [6.07, 6.45) is 4.89. The van der Waals surface area contributed by atoms with Crippen LogP contribution in [0.1, 0.15) is 39.9 Å². The third-order valence-electron chi connectivity index (χ3n) is 6.27. The molecule has 3 N–H and O–H groups in total. The van der Waals surface area contributed by atoms with Crippen LogP contribution in [0.4, 0.5) is 15.8 Å². The monoisotopic (exact) mass is 464 g/mol. The summed E-state index contributed by atoms with van der Waals surface area (Å²) in [6, 6.07) is 16.9. The third kappa shape index (κ3) is 3.87. The second-order valence-corrected chi connectivity index (χ2v) is 9.92. The number of hydrogen-bond donors (Lipinski definition) is 3. The average Bonchev–Trinajstić information content (AvgIpc) is 3.29. The van der Waals surface area contributed by atoms with Gasteiger partial charge in [-0.2, -0.15) is 0 Å². The minimum absolute atomic E-state index is 0.0316. The fourth-order valence-corrected chi connectivity index (χ4v) is 5.76. The van der Waals surface area contributed by atoms with Gasteiger partial charge < -0.3 is 10.4 Å². The Balaban J connectivity index is 1.46. The summed E-state index contributed by atoms with van der Waals surface area (Å²) in [5, 5.41) is 12.4. The minimum atomic E-state index is -3.89. The van der Waals surface area contributed by atoms with Crippen LogP contribution in [0.5, 0.6) is 0 Å². The number of halogens is 1. The van der Waals surface area contributed by atoms with E-state index in [1.807, 2.05) is 6.07 Å². The van der Waals surface area contributed by atoms with Crippen molar-refractivity contribution in [3.63, 3.8) is 0 Å². The lowest BCUT2D eigenvalue weighted by Crippen LogP contribution is -2.30. The van der Waals surface area contributed by atoms with Crippen LogP contribution < -0.4 is 10.0 Å². The lowest BCUT2D eigenvalue weighted by Gasteiger charge is -2.37. The molecule has 168 valence electrons. The topological polar surface area (TPSA) is 95.5 Å². The molecule has 0 bridgehead atoms. The van der Waals surface area contributed by atoms with Crippen LogP contribution in [0.3, 0.4) is 0 Å². The van der Waals surface area contributed by atoms with Crippen molar-refractivity contribution in [1.82, 2.24) is 0 Å². The van der Waals surface area contributed by atoms with Gasteiger partial charge in [-0.25, -0.2) is 17.6 Å². The molecule has 3 aromatic carbocycles. The predicted octanol–water partition coefficient (Wildman–Crippen LogP) is 5.15. The molecule has 1 aliphatic heterocycles. The SMILES string of the molecule is O=C(O)c1ccc(NS(=O)(=O)c2ccc3c(c2)[C@@H]2C=CC[C@H]2[C@@H](c2ccccc2F)N3)cc1. The number of sulfonamides is 1. The first-order chi connectivity index (χ1) is 15.8. The van der Waals surface area contributed by atoms with Gasteiger partial charge in [-0.05, 0) is 66.4 Å². The molecule has 0 amide bonds. The van der Waals surface area contributed by atoms with Crippen molar-refractivity contribution < 1.29 is 22.7 Å². The number of allylic oxidation sites excluding steroid dienone is 2. The maximum atomic E-state index is 14.5. The van der Waals surface area contributed by atoms with Gasteiger partial charge in [0.1, 0.15) is 5.82 Å². The van der Waals surface area contributed by atoms with Gasteiger partial charge in [0, 0.05) is 22.9 Å². The van der Waals surface area contributed by atoms with E-state index in [1.165, 1.54) is 36.4 Å². The fraction of sp³-hybridized carbons (Fsp3) is 0.160. The van der Waals surface area contributed by atoms with Gasteiger partial charge in [-0.3, -0.25) is 4.72 Å². The predicted molar refractivity (Wildman–Crippen MR) is 123 cm³/mol. The minimum Gasteiger partial charge on any atom is -0.478 e. The maximum Gasteiger partial charge on any atom is 0.335 e. The molecule has 0 radical (unpaired) electrons. The third-order valence-corrected chi connectivity index (χ3v) is 7.65. The van der Waals surface area contributed by atoms with Gasteiger partial charge in [0.05, 0.1) is 16.5 Å². The second-order valence-electron chi connectivity index (χ2n) is 8.23. The summed E-state index contributed by atoms with van der Waals surface area (Å²) in [4.78, 5) is 11.1. The Labute approximate surface area is 190 Å². The van der Waals surface area contributed by atoms with E-state index in [-0.39, 0.29) is 39.8 Å². The van der Waals surface area contributed by atoms with Crippen LogP contribution in [0, 0.1) is 11.7 Å². The smallest absolute Gasteiger partial charge is 0.335 e. The molecule has 3 aromatic rings. The number of rotatable bonds is 5. The van der Waals surface area contributed by atoms with E-state index < -0.39 is 16.0 Å². The highest BCUT2D eigenvalue weighted by Crippen LogP contribution is 2.50. The Morgan fingerprint density at radius 2 is 1.79 bits per heavy atom. The number of benzene rings is 3. The number of fused-ring (bicyclic) bond motifs is 3. The van der Waals surface area contributed by atoms with Crippen LogP contribution in [0.25, 0.3) is 0 Å². The van der Waals surface area contributed by atoms with Gasteiger partial charge in [-0.1, -0.05) is 30.4 Å². The Kier molecular flexibility index (Phi) is 5.17. The number of nitrogens with one attached hydrogen (secondary N) is 2. The van der Waals surface area contributed by atoms with Crippen LogP contribution in [-0.2, 0) is 10.0 Å². The highest BCUT2D eigenvalue weighted by Gasteiger charge is 2.39. The molecular weight excluding hydrogens is 443 g/mol. The molecule has 0 saturated heterocycles. The van der Waals surface area contributed by atoms with Crippen molar-refractivity contribution in [2.75, 3.05) is 10.0 Å². The maximum absolute atomic E-state index is 14.5. The molecule has 0 spiro atoms. The van der Waals surface area contributed by atoms with Crippen molar-refractivity contribution in [3.05, 3.63) is 101 Å². The van der Waals surface area contributed by atoms with E-state index >= 15 is 0 Å². The van der Waals surface area contributed by atoms with E-state index in [0.29, 0.717) is 5.56 Å². The molecule has 6 nitrogen and oxygen atoms in total. The molecule has 33 heavy (non-hydrogen) atoms. The molecule has 0 fully saturated rings. The number of aromatic carboxylic acids is 1. The molecule has 0 saturated carbocycles. The van der Waals surface area contributed by atoms with Crippen LogP contribution in [-0.4, -0.2) is 19.5 Å². The quantitative estimate of drug-likeness (QED) is 0.454. The zero-order valence-corrected chi connectivity index (χ0v) is 18.2. The zero-order chi connectivity index (χ0) is 23.2. The number of carboxylic acids is 1. The lowest BCUT2D eigenvalue weighted by atomic mass is 9.77. The van der Waals surface area contributed by atoms with Crippen molar-refractivity contribution in [2.45, 2.75) is 23.3 Å². The Morgan fingerprint density at radius 1 is 1.03 bits per heavy atom. The van der Waals surface area contributed by atoms with Gasteiger partial charge >= 0.3 is 5.97 Å². The first-order valence-corrected chi connectivity index (χ1v) is 12.0. The first-order valence-electron chi connectivity index (χ1n) is 10.5. The molecule has 0 aromatic heterocycles. The molecule has 3 atom stereocenters. The molecule has 8 heteroatoms. The number of carbonyl (C=O) groups is 1. The molecule has 1 aliphatic carbocycles. The zero-order valence-electron chi connectivity index (χ0n) is 17.4. The van der Waals surface area contributed by atoms with E-state index in [9.17, 15) is 17.6 Å². The summed E-state index contributed by atoms with van der Waals surface area (Å²) in [5.74, 6) is -1.30. The Bertz CT molecular complexity index is 1370. The summed E-state index contributed by atoms with van der Waals surface area (Å²) < 4.78 is 43.1. The van der Waals surface area contributed by atoms with Gasteiger partial charge in [-0.15, -0.1) is 0 Å². The summed E-state index contributed by atoms with van der Waals surface area (Å²) in [6.45, 7) is 0. The molecule has 5 rings (SSSR count). The molecule has 0 unspecified atom stereocenters. The van der Waals surface area contributed by atoms with Crippen molar-refractivity contribution in [1.29, 1.82) is 0 Å². The molecule has 1 heterocycles. The highest BCUT2D eigenvalue weighted by atomic mass is 32.2. The van der Waals surface area contributed by atoms with Crippen LogP contribution in [0.15, 0.2) is 83.8 Å². The summed E-state index contributed by atoms with van der Waals surface area (Å²) in [5.41, 5.74) is 2.58. The van der Waals surface area contributed by atoms with E-state index in [2.05, 4.69) is 22.2 Å². The summed E-state index contributed by atoms with van der Waals surface area (Å²) >= 11 is 0. The first kappa shape index (κ1) is 21.2. The second kappa shape index (κ2) is 8.04. The lowest BCUT2D eigenvalue weighted by molar-refractivity contribution is 0.0697. The van der Waals surface area contributed by atoms with Crippen LogP contribution >= 0.6 is 0 Å². The normalized spacial score (nSPS) is 21.1. The molecular formula is C25H21FN2O4S.